The van der Waals surface area contributed by atoms with Gasteiger partial charge in [0.15, 0.2) is 0 Å². The van der Waals surface area contributed by atoms with Gasteiger partial charge in [-0.3, -0.25) is 0 Å². The van der Waals surface area contributed by atoms with Crippen molar-refractivity contribution in [2.45, 2.75) is 32.4 Å². The summed E-state index contributed by atoms with van der Waals surface area (Å²) >= 11 is 0. The fourth-order valence-corrected chi connectivity index (χ4v) is 0.636. The molecule has 0 aliphatic rings. The molecule has 0 unspecified atom stereocenters. The molecular weight excluding hydrogens is 165 g/mol. The molecule has 5 heteroatoms. The first kappa shape index (κ1) is 11.4. The van der Waals surface area contributed by atoms with Crippen LogP contribution in [0.4, 0.5) is 8.78 Å². The first-order valence-corrected chi connectivity index (χ1v) is 3.94. The number of alkyl halides is 2. The molecule has 0 saturated heterocycles. The van der Waals surface area contributed by atoms with E-state index in [1.165, 1.54) is 6.92 Å². The molecule has 0 amide bonds. The predicted molar refractivity (Wildman–Crippen MR) is 42.4 cm³/mol. The Kier molecular flexibility index (Phi) is 4.86. The first-order valence-electron chi connectivity index (χ1n) is 3.94. The maximum absolute atomic E-state index is 12.7. The lowest BCUT2D eigenvalue weighted by Crippen LogP contribution is -2.36. The second kappa shape index (κ2) is 5.11. The molecule has 0 aromatic carbocycles. The van der Waals surface area contributed by atoms with Gasteiger partial charge in [0, 0.05) is 0 Å². The first-order chi connectivity index (χ1) is 5.54. The van der Waals surface area contributed by atoms with E-state index in [1.807, 2.05) is 0 Å². The lowest BCUT2D eigenvalue weighted by Gasteiger charge is -2.12. The van der Waals surface area contributed by atoms with Crippen molar-refractivity contribution in [3.05, 3.63) is 0 Å². The summed E-state index contributed by atoms with van der Waals surface area (Å²) in [5.74, 6) is -4.88. The van der Waals surface area contributed by atoms with Gasteiger partial charge in [-0.15, -0.1) is 0 Å². The van der Waals surface area contributed by atoms with Crippen LogP contribution in [-0.2, 0) is 9.53 Å². The summed E-state index contributed by atoms with van der Waals surface area (Å²) in [6, 6.07) is 0. The number of carbonyl (C=O) groups is 1. The van der Waals surface area contributed by atoms with E-state index in [9.17, 15) is 13.6 Å². The second-order valence-corrected chi connectivity index (χ2v) is 2.34. The highest BCUT2D eigenvalue weighted by molar-refractivity contribution is 6.45. The van der Waals surface area contributed by atoms with Crippen molar-refractivity contribution in [2.24, 2.45) is 0 Å². The Hall–Kier alpha value is -0.605. The Labute approximate surface area is 71.5 Å². The number of hydrogen-bond acceptors (Lipinski definition) is 2. The van der Waals surface area contributed by atoms with Crippen LogP contribution < -0.4 is 0 Å². The van der Waals surface area contributed by atoms with Crippen molar-refractivity contribution in [1.29, 1.82) is 0 Å². The Balaban J connectivity index is 3.90. The largest absolute Gasteiger partial charge is 0.462 e. The van der Waals surface area contributed by atoms with Gasteiger partial charge in [-0.1, -0.05) is 19.7 Å². The maximum atomic E-state index is 12.7. The minimum atomic E-state index is -3.42. The quantitative estimate of drug-likeness (QED) is 0.471. The van der Waals surface area contributed by atoms with Gasteiger partial charge in [-0.05, 0) is 6.92 Å². The summed E-state index contributed by atoms with van der Waals surface area (Å²) in [5.41, 5.74) is 0. The van der Waals surface area contributed by atoms with Crippen LogP contribution in [0.15, 0.2) is 0 Å². The van der Waals surface area contributed by atoms with E-state index in [2.05, 4.69) is 4.74 Å². The van der Waals surface area contributed by atoms with E-state index in [4.69, 9.17) is 0 Å². The van der Waals surface area contributed by atoms with Gasteiger partial charge in [-0.25, -0.2) is 13.6 Å². The van der Waals surface area contributed by atoms with E-state index in [-0.39, 0.29) is 12.9 Å². The Morgan fingerprint density at radius 2 is 2.08 bits per heavy atom. The average molecular weight is 177 g/mol. The van der Waals surface area contributed by atoms with Crippen LogP contribution in [0.25, 0.3) is 0 Å². The Morgan fingerprint density at radius 1 is 1.50 bits per heavy atom. The number of halogens is 2. The molecule has 1 radical (unpaired) electrons. The summed E-state index contributed by atoms with van der Waals surface area (Å²) in [6.07, 6.45) is 0.806. The fourth-order valence-electron chi connectivity index (χ4n) is 0.636. The highest BCUT2D eigenvalue weighted by atomic mass is 19.3. The van der Waals surface area contributed by atoms with E-state index < -0.39 is 11.8 Å². The molecule has 0 aliphatic carbocycles. The third-order valence-electron chi connectivity index (χ3n) is 1.24. The average Bonchev–Trinajstić information content (AvgIpc) is 2.01. The predicted octanol–water partition coefficient (Wildman–Crippen LogP) is 1.67. The molecule has 0 N–H and O–H groups in total. The van der Waals surface area contributed by atoms with Crippen LogP contribution >= 0.6 is 0 Å². The van der Waals surface area contributed by atoms with Gasteiger partial charge < -0.3 is 4.74 Å². The third kappa shape index (κ3) is 3.69. The highest BCUT2D eigenvalue weighted by Crippen LogP contribution is 2.15. The van der Waals surface area contributed by atoms with Crippen molar-refractivity contribution in [1.82, 2.24) is 0 Å². The van der Waals surface area contributed by atoms with E-state index in [0.29, 0.717) is 13.7 Å². The minimum Gasteiger partial charge on any atom is -0.462 e. The number of hydrogen-bond donors (Lipinski definition) is 0. The van der Waals surface area contributed by atoms with Crippen LogP contribution in [-0.4, -0.2) is 25.7 Å². The van der Waals surface area contributed by atoms with Gasteiger partial charge >= 0.3 is 5.97 Å². The Bertz CT molecular complexity index is 150. The summed E-state index contributed by atoms with van der Waals surface area (Å²) < 4.78 is 29.5. The summed E-state index contributed by atoms with van der Waals surface area (Å²) in [5, 5.41) is 0. The summed E-state index contributed by atoms with van der Waals surface area (Å²) in [7, 11) is 0.686. The molecule has 0 rings (SSSR count). The Morgan fingerprint density at radius 3 is 2.50 bits per heavy atom. The lowest BCUT2D eigenvalue weighted by atomic mass is 9.66. The zero-order chi connectivity index (χ0) is 9.61. The van der Waals surface area contributed by atoms with Crippen LogP contribution in [0.5, 0.6) is 0 Å². The third-order valence-corrected chi connectivity index (χ3v) is 1.24. The van der Waals surface area contributed by atoms with Crippen LogP contribution in [0, 0.1) is 0 Å². The maximum Gasteiger partial charge on any atom is 0.366 e. The highest BCUT2D eigenvalue weighted by Gasteiger charge is 2.39. The van der Waals surface area contributed by atoms with Crippen LogP contribution in [0.2, 0.25) is 6.32 Å². The molecule has 0 aromatic rings. The molecule has 69 valence electrons. The van der Waals surface area contributed by atoms with Crippen LogP contribution in [0.3, 0.4) is 0 Å². The van der Waals surface area contributed by atoms with Gasteiger partial charge in [0.1, 0.15) is 0 Å². The minimum absolute atomic E-state index is 0.0195. The monoisotopic (exact) mass is 177 g/mol. The molecule has 0 heterocycles. The topological polar surface area (TPSA) is 26.3 Å². The molecule has 0 aliphatic heterocycles. The standard InChI is InChI=1S/C7H12BF2O2/c1-3-5-8-7(9,10)6(11)12-4-2/h3-5H2,1-2H3. The van der Waals surface area contributed by atoms with Crippen molar-refractivity contribution in [3.8, 4) is 0 Å². The summed E-state index contributed by atoms with van der Waals surface area (Å²) in [4.78, 5) is 10.6. The van der Waals surface area contributed by atoms with E-state index in [1.54, 1.807) is 6.92 Å². The van der Waals surface area contributed by atoms with Crippen molar-refractivity contribution in [2.75, 3.05) is 6.61 Å². The SMILES string of the molecule is CCC[B]C(F)(F)C(=O)OCC. The van der Waals surface area contributed by atoms with Crippen molar-refractivity contribution in [3.63, 3.8) is 0 Å². The number of esters is 1. The smallest absolute Gasteiger partial charge is 0.366 e. The molecule has 0 fully saturated rings. The van der Waals surface area contributed by atoms with Crippen molar-refractivity contribution < 1.29 is 18.3 Å². The fraction of sp³-hybridized carbons (Fsp3) is 0.857. The number of ether oxygens (including phenoxy) is 1. The van der Waals surface area contributed by atoms with E-state index >= 15 is 0 Å². The molecule has 0 bridgehead atoms. The molecule has 0 atom stereocenters. The normalized spacial score (nSPS) is 11.0. The van der Waals surface area contributed by atoms with Gasteiger partial charge in [-0.2, -0.15) is 0 Å². The lowest BCUT2D eigenvalue weighted by molar-refractivity contribution is -0.160. The molecule has 2 nitrogen and oxygen atoms in total. The van der Waals surface area contributed by atoms with E-state index in [0.717, 1.165) is 0 Å². The molecule has 0 saturated carbocycles. The second-order valence-electron chi connectivity index (χ2n) is 2.34. The summed E-state index contributed by atoms with van der Waals surface area (Å²) in [6.45, 7) is 3.24. The van der Waals surface area contributed by atoms with Gasteiger partial charge in [0.05, 0.1) is 6.61 Å². The molecule has 0 aromatic heterocycles. The van der Waals surface area contributed by atoms with Gasteiger partial charge in [0.25, 0.3) is 5.82 Å². The zero-order valence-electron chi connectivity index (χ0n) is 7.27. The molecule has 0 spiro atoms. The van der Waals surface area contributed by atoms with Gasteiger partial charge in [0.2, 0.25) is 7.28 Å². The zero-order valence-corrected chi connectivity index (χ0v) is 7.27. The number of carbonyl (C=O) groups excluding carboxylic acids is 1. The van der Waals surface area contributed by atoms with Crippen molar-refractivity contribution >= 4 is 13.2 Å². The van der Waals surface area contributed by atoms with Crippen LogP contribution in [0.1, 0.15) is 20.3 Å². The molecule has 12 heavy (non-hydrogen) atoms. The number of rotatable bonds is 5. The molecular formula is C7H12BF2O2.